The average Bonchev–Trinajstić information content (AvgIpc) is 2.19. The second-order valence-electron chi connectivity index (χ2n) is 3.82. The largest absolute Gasteiger partial charge is 0.395 e. The number of hydrogen-bond acceptors (Lipinski definition) is 2. The average molecular weight is 197 g/mol. The molecule has 0 aromatic rings. The van der Waals surface area contributed by atoms with Crippen molar-refractivity contribution in [3.63, 3.8) is 0 Å². The molecular formula is C11H19NO2. The fourth-order valence-electron chi connectivity index (χ4n) is 1.67. The van der Waals surface area contributed by atoms with E-state index in [0.29, 0.717) is 13.0 Å². The summed E-state index contributed by atoms with van der Waals surface area (Å²) in [6.07, 6.45) is 7.38. The number of carbonyl (C=O) groups excluding carboxylic acids is 1. The van der Waals surface area contributed by atoms with E-state index in [1.165, 1.54) is 18.4 Å². The Hall–Kier alpha value is -0.830. The summed E-state index contributed by atoms with van der Waals surface area (Å²) in [7, 11) is 1.74. The molecule has 0 saturated carbocycles. The van der Waals surface area contributed by atoms with E-state index in [2.05, 4.69) is 6.08 Å². The van der Waals surface area contributed by atoms with Crippen LogP contribution >= 0.6 is 0 Å². The van der Waals surface area contributed by atoms with Gasteiger partial charge in [-0.3, -0.25) is 4.79 Å². The highest BCUT2D eigenvalue weighted by Crippen LogP contribution is 2.20. The van der Waals surface area contributed by atoms with Gasteiger partial charge < -0.3 is 10.0 Å². The molecule has 0 saturated heterocycles. The van der Waals surface area contributed by atoms with Crippen LogP contribution in [0.5, 0.6) is 0 Å². The normalized spacial score (nSPS) is 16.3. The van der Waals surface area contributed by atoms with Crippen molar-refractivity contribution in [3.8, 4) is 0 Å². The van der Waals surface area contributed by atoms with E-state index >= 15 is 0 Å². The highest BCUT2D eigenvalue weighted by molar-refractivity contribution is 5.78. The number of hydrogen-bond donors (Lipinski definition) is 1. The summed E-state index contributed by atoms with van der Waals surface area (Å²) in [6, 6.07) is 0. The number of amides is 1. The Balaban J connectivity index is 2.35. The summed E-state index contributed by atoms with van der Waals surface area (Å²) in [6.45, 7) is 0.480. The maximum absolute atomic E-state index is 11.6. The molecule has 3 heteroatoms. The summed E-state index contributed by atoms with van der Waals surface area (Å²) in [5, 5.41) is 8.68. The van der Waals surface area contributed by atoms with Gasteiger partial charge in [0, 0.05) is 20.0 Å². The predicted octanol–water partition coefficient (Wildman–Crippen LogP) is 1.33. The van der Waals surface area contributed by atoms with E-state index in [1.54, 1.807) is 11.9 Å². The highest BCUT2D eigenvalue weighted by Gasteiger charge is 2.12. The Labute approximate surface area is 85.4 Å². The van der Waals surface area contributed by atoms with E-state index in [1.807, 2.05) is 0 Å². The minimum Gasteiger partial charge on any atom is -0.395 e. The van der Waals surface area contributed by atoms with Gasteiger partial charge >= 0.3 is 0 Å². The van der Waals surface area contributed by atoms with E-state index < -0.39 is 0 Å². The van der Waals surface area contributed by atoms with Gasteiger partial charge in [-0.05, 0) is 25.7 Å². The minimum atomic E-state index is 0.0429. The van der Waals surface area contributed by atoms with Crippen molar-refractivity contribution in [3.05, 3.63) is 11.6 Å². The first-order chi connectivity index (χ1) is 6.74. The first kappa shape index (κ1) is 11.2. The molecule has 0 heterocycles. The summed E-state index contributed by atoms with van der Waals surface area (Å²) in [5.41, 5.74) is 1.27. The molecule has 1 aliphatic carbocycles. The molecule has 0 atom stereocenters. The lowest BCUT2D eigenvalue weighted by Gasteiger charge is -2.18. The SMILES string of the molecule is CN(CCO)C(=O)CC1=CCCCC1. The molecule has 14 heavy (non-hydrogen) atoms. The molecule has 0 spiro atoms. The van der Waals surface area contributed by atoms with E-state index in [0.717, 1.165) is 12.8 Å². The molecule has 0 unspecified atom stereocenters. The highest BCUT2D eigenvalue weighted by atomic mass is 16.3. The van der Waals surface area contributed by atoms with Gasteiger partial charge in [0.05, 0.1) is 6.61 Å². The third-order valence-corrected chi connectivity index (χ3v) is 2.62. The van der Waals surface area contributed by atoms with Crippen molar-refractivity contribution in [2.45, 2.75) is 32.1 Å². The fraction of sp³-hybridized carbons (Fsp3) is 0.727. The molecule has 1 N–H and O–H groups in total. The lowest BCUT2D eigenvalue weighted by Crippen LogP contribution is -2.29. The first-order valence-electron chi connectivity index (χ1n) is 5.26. The van der Waals surface area contributed by atoms with Gasteiger partial charge in [-0.25, -0.2) is 0 Å². The Morgan fingerprint density at radius 1 is 1.57 bits per heavy atom. The smallest absolute Gasteiger partial charge is 0.226 e. The van der Waals surface area contributed by atoms with Gasteiger partial charge in [0.1, 0.15) is 0 Å². The van der Waals surface area contributed by atoms with Crippen LogP contribution in [0.1, 0.15) is 32.1 Å². The van der Waals surface area contributed by atoms with Crippen LogP contribution in [-0.4, -0.2) is 36.1 Å². The zero-order chi connectivity index (χ0) is 10.4. The fourth-order valence-corrected chi connectivity index (χ4v) is 1.67. The van der Waals surface area contributed by atoms with Crippen LogP contribution in [0.15, 0.2) is 11.6 Å². The van der Waals surface area contributed by atoms with E-state index in [-0.39, 0.29) is 12.5 Å². The molecule has 1 amide bonds. The van der Waals surface area contributed by atoms with Crippen LogP contribution in [0.2, 0.25) is 0 Å². The second kappa shape index (κ2) is 5.81. The van der Waals surface area contributed by atoms with Gasteiger partial charge in [-0.2, -0.15) is 0 Å². The number of nitrogens with zero attached hydrogens (tertiary/aromatic N) is 1. The van der Waals surface area contributed by atoms with Crippen LogP contribution in [0, 0.1) is 0 Å². The molecular weight excluding hydrogens is 178 g/mol. The molecule has 0 aliphatic heterocycles. The lowest BCUT2D eigenvalue weighted by molar-refractivity contribution is -0.129. The number of likely N-dealkylation sites (N-methyl/N-ethyl adjacent to an activating group) is 1. The van der Waals surface area contributed by atoms with Gasteiger partial charge in [0.2, 0.25) is 5.91 Å². The molecule has 1 rings (SSSR count). The Morgan fingerprint density at radius 3 is 2.93 bits per heavy atom. The van der Waals surface area contributed by atoms with Crippen LogP contribution < -0.4 is 0 Å². The maximum Gasteiger partial charge on any atom is 0.226 e. The molecule has 1 aliphatic rings. The summed E-state index contributed by atoms with van der Waals surface area (Å²) >= 11 is 0. The van der Waals surface area contributed by atoms with Crippen LogP contribution in [0.25, 0.3) is 0 Å². The maximum atomic E-state index is 11.6. The first-order valence-corrected chi connectivity index (χ1v) is 5.26. The summed E-state index contributed by atoms with van der Waals surface area (Å²) in [4.78, 5) is 13.2. The van der Waals surface area contributed by atoms with Crippen LogP contribution in [0.4, 0.5) is 0 Å². The minimum absolute atomic E-state index is 0.0429. The van der Waals surface area contributed by atoms with Crippen molar-refractivity contribution in [1.29, 1.82) is 0 Å². The zero-order valence-corrected chi connectivity index (χ0v) is 8.83. The molecule has 0 bridgehead atoms. The van der Waals surface area contributed by atoms with Crippen molar-refractivity contribution < 1.29 is 9.90 Å². The van der Waals surface area contributed by atoms with Crippen LogP contribution in [0.3, 0.4) is 0 Å². The number of aliphatic hydroxyl groups excluding tert-OH is 1. The van der Waals surface area contributed by atoms with Crippen LogP contribution in [-0.2, 0) is 4.79 Å². The predicted molar refractivity (Wildman–Crippen MR) is 55.9 cm³/mol. The summed E-state index contributed by atoms with van der Waals surface area (Å²) in [5.74, 6) is 0.118. The molecule has 80 valence electrons. The van der Waals surface area contributed by atoms with Crippen molar-refractivity contribution in [2.75, 3.05) is 20.2 Å². The van der Waals surface area contributed by atoms with Crippen molar-refractivity contribution >= 4 is 5.91 Å². The van der Waals surface area contributed by atoms with Gasteiger partial charge in [-0.15, -0.1) is 0 Å². The molecule has 0 radical (unpaired) electrons. The standard InChI is InChI=1S/C11H19NO2/c1-12(7-8-13)11(14)9-10-5-3-2-4-6-10/h5,13H,2-4,6-9H2,1H3. The lowest BCUT2D eigenvalue weighted by atomic mass is 9.97. The second-order valence-corrected chi connectivity index (χ2v) is 3.82. The number of carbonyl (C=O) groups is 1. The summed E-state index contributed by atoms with van der Waals surface area (Å²) < 4.78 is 0. The number of aliphatic hydroxyl groups is 1. The Morgan fingerprint density at radius 2 is 2.36 bits per heavy atom. The molecule has 3 nitrogen and oxygen atoms in total. The monoisotopic (exact) mass is 197 g/mol. The van der Waals surface area contributed by atoms with E-state index in [4.69, 9.17) is 5.11 Å². The Bertz CT molecular complexity index is 223. The molecule has 0 aromatic heterocycles. The van der Waals surface area contributed by atoms with Crippen molar-refractivity contribution in [1.82, 2.24) is 4.90 Å². The van der Waals surface area contributed by atoms with Gasteiger partial charge in [0.15, 0.2) is 0 Å². The zero-order valence-electron chi connectivity index (χ0n) is 8.83. The quantitative estimate of drug-likeness (QED) is 0.691. The number of allylic oxidation sites excluding steroid dienone is 1. The third-order valence-electron chi connectivity index (χ3n) is 2.62. The topological polar surface area (TPSA) is 40.5 Å². The van der Waals surface area contributed by atoms with E-state index in [9.17, 15) is 4.79 Å². The van der Waals surface area contributed by atoms with Crippen molar-refractivity contribution in [2.24, 2.45) is 0 Å². The Kier molecular flexibility index (Phi) is 4.66. The molecule has 0 aromatic carbocycles. The van der Waals surface area contributed by atoms with Gasteiger partial charge in [-0.1, -0.05) is 11.6 Å². The molecule has 0 fully saturated rings. The van der Waals surface area contributed by atoms with Gasteiger partial charge in [0.25, 0.3) is 0 Å². The third kappa shape index (κ3) is 3.50. The number of rotatable bonds is 4.